The highest BCUT2D eigenvalue weighted by Crippen LogP contribution is 2.21. The Hall–Kier alpha value is -1.82. The van der Waals surface area contributed by atoms with Crippen LogP contribution in [0.15, 0.2) is 35.3 Å². The molecule has 2 aliphatic rings. The summed E-state index contributed by atoms with van der Waals surface area (Å²) >= 11 is 1.62. The molecule has 2 fully saturated rings. The lowest BCUT2D eigenvalue weighted by Gasteiger charge is -2.10. The summed E-state index contributed by atoms with van der Waals surface area (Å²) in [5.74, 6) is 0.568. The second kappa shape index (κ2) is 5.89. The van der Waals surface area contributed by atoms with E-state index in [1.807, 2.05) is 18.2 Å². The van der Waals surface area contributed by atoms with Gasteiger partial charge in [0.05, 0.1) is 6.42 Å². The molecular formula is C15H17N3O2S. The first-order chi connectivity index (χ1) is 10.1. The number of aliphatic imine (C=N–C) groups is 1. The summed E-state index contributed by atoms with van der Waals surface area (Å²) in [6.45, 7) is 0. The molecular weight excluding hydrogens is 286 g/mol. The van der Waals surface area contributed by atoms with Gasteiger partial charge in [0.25, 0.3) is 5.91 Å². The molecule has 3 rings (SSSR count). The third kappa shape index (κ3) is 3.10. The summed E-state index contributed by atoms with van der Waals surface area (Å²) in [5, 5.41) is 4.12. The molecule has 110 valence electrons. The Morgan fingerprint density at radius 1 is 1.33 bits per heavy atom. The number of amidine groups is 1. The van der Waals surface area contributed by atoms with Gasteiger partial charge in [-0.2, -0.15) is 0 Å². The Labute approximate surface area is 127 Å². The van der Waals surface area contributed by atoms with Gasteiger partial charge in [0, 0.05) is 18.8 Å². The summed E-state index contributed by atoms with van der Waals surface area (Å²) in [5.41, 5.74) is 1.28. The van der Waals surface area contributed by atoms with Gasteiger partial charge in [-0.25, -0.2) is 4.99 Å². The third-order valence-electron chi connectivity index (χ3n) is 3.70. The fourth-order valence-corrected chi connectivity index (χ4v) is 3.51. The molecule has 2 amide bonds. The minimum Gasteiger partial charge on any atom is -0.361 e. The smallest absolute Gasteiger partial charge is 0.254 e. The SMILES string of the molecule is CN1C(=O)CC(N=C2NC(Cc3ccccc3)CS2)C1=O. The van der Waals surface area contributed by atoms with Crippen LogP contribution in [0.5, 0.6) is 0 Å². The lowest BCUT2D eigenvalue weighted by Crippen LogP contribution is -2.31. The number of rotatable bonds is 3. The molecule has 2 unspecified atom stereocenters. The highest BCUT2D eigenvalue weighted by atomic mass is 32.2. The van der Waals surface area contributed by atoms with Crippen molar-refractivity contribution in [3.8, 4) is 0 Å². The molecule has 0 spiro atoms. The Kier molecular flexibility index (Phi) is 3.96. The zero-order chi connectivity index (χ0) is 14.8. The Morgan fingerprint density at radius 3 is 2.76 bits per heavy atom. The van der Waals surface area contributed by atoms with Crippen molar-refractivity contribution in [3.05, 3.63) is 35.9 Å². The van der Waals surface area contributed by atoms with Gasteiger partial charge in [-0.1, -0.05) is 42.1 Å². The fraction of sp³-hybridized carbons (Fsp3) is 0.400. The van der Waals surface area contributed by atoms with Crippen molar-refractivity contribution >= 4 is 28.7 Å². The largest absolute Gasteiger partial charge is 0.361 e. The number of imide groups is 1. The molecule has 0 aliphatic carbocycles. The summed E-state index contributed by atoms with van der Waals surface area (Å²) in [4.78, 5) is 28.9. The van der Waals surface area contributed by atoms with E-state index in [0.717, 1.165) is 22.2 Å². The van der Waals surface area contributed by atoms with Crippen LogP contribution in [-0.4, -0.2) is 46.8 Å². The lowest BCUT2D eigenvalue weighted by molar-refractivity contribution is -0.136. The molecule has 0 saturated carbocycles. The number of hydrogen-bond acceptors (Lipinski definition) is 4. The standard InChI is InChI=1S/C15H17N3O2S/c1-18-13(19)8-12(14(18)20)17-15-16-11(9-21-15)7-10-5-3-2-4-6-10/h2-6,11-12H,7-9H2,1H3,(H,16,17). The number of likely N-dealkylation sites (N-methyl/N-ethyl adjacent to an activating group) is 1. The highest BCUT2D eigenvalue weighted by Gasteiger charge is 2.36. The van der Waals surface area contributed by atoms with E-state index < -0.39 is 6.04 Å². The Balaban J connectivity index is 1.61. The molecule has 5 nitrogen and oxygen atoms in total. The number of benzene rings is 1. The number of nitrogens with one attached hydrogen (secondary N) is 1. The molecule has 1 N–H and O–H groups in total. The zero-order valence-corrected chi connectivity index (χ0v) is 12.6. The van der Waals surface area contributed by atoms with Gasteiger partial charge >= 0.3 is 0 Å². The molecule has 2 aliphatic heterocycles. The zero-order valence-electron chi connectivity index (χ0n) is 11.8. The van der Waals surface area contributed by atoms with Crippen LogP contribution in [0, 0.1) is 0 Å². The van der Waals surface area contributed by atoms with Gasteiger partial charge < -0.3 is 5.32 Å². The first-order valence-electron chi connectivity index (χ1n) is 6.95. The van der Waals surface area contributed by atoms with Crippen LogP contribution in [0.25, 0.3) is 0 Å². The molecule has 1 aromatic rings. The van der Waals surface area contributed by atoms with Crippen molar-refractivity contribution < 1.29 is 9.59 Å². The van der Waals surface area contributed by atoms with Gasteiger partial charge in [-0.3, -0.25) is 14.5 Å². The van der Waals surface area contributed by atoms with Crippen molar-refractivity contribution in [1.29, 1.82) is 0 Å². The molecule has 2 heterocycles. The monoisotopic (exact) mass is 303 g/mol. The first kappa shape index (κ1) is 14.1. The fourth-order valence-electron chi connectivity index (χ4n) is 2.50. The molecule has 0 bridgehead atoms. The summed E-state index contributed by atoms with van der Waals surface area (Å²) in [6.07, 6.45) is 1.12. The van der Waals surface area contributed by atoms with Crippen molar-refractivity contribution in [3.63, 3.8) is 0 Å². The van der Waals surface area contributed by atoms with Crippen molar-refractivity contribution in [2.45, 2.75) is 24.9 Å². The second-order valence-electron chi connectivity index (χ2n) is 5.29. The van der Waals surface area contributed by atoms with Crippen molar-refractivity contribution in [2.24, 2.45) is 4.99 Å². The van der Waals surface area contributed by atoms with Crippen LogP contribution in [0.3, 0.4) is 0 Å². The van der Waals surface area contributed by atoms with Crippen LogP contribution in [0.1, 0.15) is 12.0 Å². The van der Waals surface area contributed by atoms with Crippen LogP contribution >= 0.6 is 11.8 Å². The maximum Gasteiger partial charge on any atom is 0.254 e. The minimum atomic E-state index is -0.548. The number of nitrogens with zero attached hydrogens (tertiary/aromatic N) is 2. The van der Waals surface area contributed by atoms with E-state index in [2.05, 4.69) is 22.4 Å². The van der Waals surface area contributed by atoms with Gasteiger partial charge in [-0.15, -0.1) is 0 Å². The first-order valence-corrected chi connectivity index (χ1v) is 7.93. The summed E-state index contributed by atoms with van der Waals surface area (Å²) in [6, 6.07) is 10.1. The average Bonchev–Trinajstić information content (AvgIpc) is 3.01. The number of amides is 2. The maximum absolute atomic E-state index is 11.8. The Morgan fingerprint density at radius 2 is 2.10 bits per heavy atom. The highest BCUT2D eigenvalue weighted by molar-refractivity contribution is 8.14. The van der Waals surface area contributed by atoms with Gasteiger partial charge in [0.2, 0.25) is 5.91 Å². The molecule has 2 atom stereocenters. The van der Waals surface area contributed by atoms with Crippen molar-refractivity contribution in [1.82, 2.24) is 10.2 Å². The van der Waals surface area contributed by atoms with Crippen LogP contribution in [0.4, 0.5) is 0 Å². The maximum atomic E-state index is 11.8. The molecule has 1 aromatic carbocycles. The number of likely N-dealkylation sites (tertiary alicyclic amines) is 1. The third-order valence-corrected chi connectivity index (χ3v) is 4.77. The van der Waals surface area contributed by atoms with E-state index in [4.69, 9.17) is 0 Å². The summed E-state index contributed by atoms with van der Waals surface area (Å²) < 4.78 is 0. The normalized spacial score (nSPS) is 27.5. The Bertz CT molecular complexity index is 588. The molecule has 21 heavy (non-hydrogen) atoms. The van der Waals surface area contributed by atoms with Crippen LogP contribution in [0.2, 0.25) is 0 Å². The molecule has 0 aromatic heterocycles. The predicted octanol–water partition coefficient (Wildman–Crippen LogP) is 1.05. The van der Waals surface area contributed by atoms with E-state index in [0.29, 0.717) is 6.04 Å². The molecule has 2 saturated heterocycles. The lowest BCUT2D eigenvalue weighted by atomic mass is 10.1. The minimum absolute atomic E-state index is 0.154. The predicted molar refractivity (Wildman–Crippen MR) is 83.1 cm³/mol. The number of thioether (sulfide) groups is 1. The van der Waals surface area contributed by atoms with Gasteiger partial charge in [0.15, 0.2) is 5.17 Å². The van der Waals surface area contributed by atoms with E-state index in [1.54, 1.807) is 11.8 Å². The van der Waals surface area contributed by atoms with Crippen LogP contribution in [-0.2, 0) is 16.0 Å². The van der Waals surface area contributed by atoms with E-state index in [1.165, 1.54) is 12.6 Å². The number of carbonyl (C=O) groups is 2. The van der Waals surface area contributed by atoms with Crippen LogP contribution < -0.4 is 5.32 Å². The van der Waals surface area contributed by atoms with Crippen molar-refractivity contribution in [2.75, 3.05) is 12.8 Å². The number of hydrogen-bond donors (Lipinski definition) is 1. The second-order valence-corrected chi connectivity index (χ2v) is 6.30. The van der Waals surface area contributed by atoms with E-state index in [9.17, 15) is 9.59 Å². The molecule has 0 radical (unpaired) electrons. The molecule has 6 heteroatoms. The quantitative estimate of drug-likeness (QED) is 0.848. The number of carbonyl (C=O) groups excluding carboxylic acids is 2. The van der Waals surface area contributed by atoms with E-state index in [-0.39, 0.29) is 18.2 Å². The van der Waals surface area contributed by atoms with E-state index >= 15 is 0 Å². The average molecular weight is 303 g/mol. The van der Waals surface area contributed by atoms with Gasteiger partial charge in [0.1, 0.15) is 6.04 Å². The van der Waals surface area contributed by atoms with Gasteiger partial charge in [-0.05, 0) is 12.0 Å². The topological polar surface area (TPSA) is 61.8 Å². The summed E-state index contributed by atoms with van der Waals surface area (Å²) in [7, 11) is 1.51.